The van der Waals surface area contributed by atoms with Crippen molar-refractivity contribution in [1.82, 2.24) is 4.98 Å². The van der Waals surface area contributed by atoms with Crippen molar-refractivity contribution < 1.29 is 0 Å². The molecule has 3 heteroatoms. The van der Waals surface area contributed by atoms with Gasteiger partial charge in [-0.2, -0.15) is 0 Å². The minimum absolute atomic E-state index is 0.807. The van der Waals surface area contributed by atoms with E-state index in [2.05, 4.69) is 259 Å². The highest BCUT2D eigenvalue weighted by Gasteiger charge is 2.24. The van der Waals surface area contributed by atoms with Crippen LogP contribution in [0.25, 0.3) is 87.0 Å². The molecule has 316 valence electrons. The van der Waals surface area contributed by atoms with E-state index in [1.807, 2.05) is 12.1 Å². The fourth-order valence-corrected chi connectivity index (χ4v) is 10.3. The van der Waals surface area contributed by atoms with Crippen LogP contribution in [0.1, 0.15) is 0 Å². The monoisotopic (exact) mass is 863 g/mol. The second-order valence-electron chi connectivity index (χ2n) is 17.4. The highest BCUT2D eigenvalue weighted by Crippen LogP contribution is 2.49. The summed E-state index contributed by atoms with van der Waals surface area (Å²) in [6.45, 7) is 0. The first-order chi connectivity index (χ1) is 33.7. The molecule has 12 aromatic carbocycles. The van der Waals surface area contributed by atoms with E-state index in [9.17, 15) is 0 Å². The Hall–Kier alpha value is -9.23. The summed E-state index contributed by atoms with van der Waals surface area (Å²) >= 11 is 0. The number of pyridine rings is 1. The first kappa shape index (κ1) is 39.2. The van der Waals surface area contributed by atoms with E-state index in [4.69, 9.17) is 4.98 Å². The van der Waals surface area contributed by atoms with Crippen LogP contribution in [0.5, 0.6) is 0 Å². The molecule has 0 fully saturated rings. The standard InChI is InChI=1S/C65H41N3/c1-4-20-46(21-5-1)63-58-37-36-54(67(50-25-6-2-7-26-50)52-34-32-44-18-10-12-22-47(44)40-52)43-61(58)64(60-42-49-24-14-15-29-55(49)56-30-16-17-31-57(56)60)59-38-39-62(66-65(59)63)68(51-27-8-3-9-28-51)53-35-33-45-19-11-13-23-48(45)41-53/h1-2,4-8,10-43H. The van der Waals surface area contributed by atoms with Crippen molar-refractivity contribution in [3.05, 3.63) is 261 Å². The van der Waals surface area contributed by atoms with Gasteiger partial charge in [0.05, 0.1) is 11.2 Å². The van der Waals surface area contributed by atoms with Crippen molar-refractivity contribution in [2.24, 2.45) is 0 Å². The lowest BCUT2D eigenvalue weighted by atomic mass is 9.85. The third-order valence-electron chi connectivity index (χ3n) is 13.4. The molecule has 0 N–H and O–H groups in total. The first-order valence-corrected chi connectivity index (χ1v) is 23.1. The minimum Gasteiger partial charge on any atom is -0.310 e. The van der Waals surface area contributed by atoms with Gasteiger partial charge in [-0.25, -0.2) is 4.98 Å². The molecule has 0 aliphatic carbocycles. The summed E-state index contributed by atoms with van der Waals surface area (Å²) in [5.74, 6) is 0.807. The molecule has 0 unspecified atom stereocenters. The van der Waals surface area contributed by atoms with E-state index < -0.39 is 0 Å². The van der Waals surface area contributed by atoms with Gasteiger partial charge in [0.2, 0.25) is 0 Å². The van der Waals surface area contributed by atoms with Gasteiger partial charge in [-0.1, -0.05) is 176 Å². The average molecular weight is 864 g/mol. The van der Waals surface area contributed by atoms with Crippen LogP contribution in [0.2, 0.25) is 0 Å². The van der Waals surface area contributed by atoms with Crippen LogP contribution in [0.15, 0.2) is 249 Å². The van der Waals surface area contributed by atoms with Gasteiger partial charge in [0.1, 0.15) is 5.82 Å². The summed E-state index contributed by atoms with van der Waals surface area (Å²) in [4.78, 5) is 10.5. The lowest BCUT2D eigenvalue weighted by Crippen LogP contribution is -2.12. The maximum absolute atomic E-state index is 5.84. The smallest absolute Gasteiger partial charge is 0.138 e. The molecule has 0 saturated heterocycles. The molecule has 0 aliphatic heterocycles. The summed E-state index contributed by atoms with van der Waals surface area (Å²) in [5, 5.41) is 12.9. The lowest BCUT2D eigenvalue weighted by molar-refractivity contribution is 1.21. The predicted molar refractivity (Wildman–Crippen MR) is 287 cm³/mol. The molecule has 0 aliphatic rings. The van der Waals surface area contributed by atoms with E-state index >= 15 is 0 Å². The van der Waals surface area contributed by atoms with Gasteiger partial charge >= 0.3 is 0 Å². The number of hydrogen-bond acceptors (Lipinski definition) is 3. The van der Waals surface area contributed by atoms with Crippen molar-refractivity contribution in [2.45, 2.75) is 0 Å². The Balaban J connectivity index is 1.15. The zero-order chi connectivity index (χ0) is 45.0. The lowest BCUT2D eigenvalue weighted by Gasteiger charge is -2.28. The molecule has 0 atom stereocenters. The predicted octanol–water partition coefficient (Wildman–Crippen LogP) is 17.9. The quantitative estimate of drug-likeness (QED) is 0.112. The van der Waals surface area contributed by atoms with E-state index in [-0.39, 0.29) is 0 Å². The maximum Gasteiger partial charge on any atom is 0.138 e. The topological polar surface area (TPSA) is 19.4 Å². The fourth-order valence-electron chi connectivity index (χ4n) is 10.3. The highest BCUT2D eigenvalue weighted by atomic mass is 15.2. The number of aromatic nitrogens is 1. The normalized spacial score (nSPS) is 11.4. The Labute approximate surface area is 395 Å². The molecule has 13 aromatic rings. The molecule has 0 bridgehead atoms. The third-order valence-corrected chi connectivity index (χ3v) is 13.4. The van der Waals surface area contributed by atoms with E-state index in [1.54, 1.807) is 0 Å². The molecule has 0 spiro atoms. The van der Waals surface area contributed by atoms with Gasteiger partial charge in [-0.05, 0) is 149 Å². The second kappa shape index (κ2) is 16.3. The Bertz CT molecular complexity index is 4030. The van der Waals surface area contributed by atoms with Crippen molar-refractivity contribution in [3.8, 4) is 22.3 Å². The summed E-state index contributed by atoms with van der Waals surface area (Å²) in [5.41, 5.74) is 10.6. The zero-order valence-corrected chi connectivity index (χ0v) is 37.0. The van der Waals surface area contributed by atoms with Crippen LogP contribution in [-0.2, 0) is 0 Å². The van der Waals surface area contributed by atoms with Crippen molar-refractivity contribution >= 4 is 99.0 Å². The van der Waals surface area contributed by atoms with Crippen LogP contribution in [0.3, 0.4) is 0 Å². The molecule has 1 heterocycles. The average Bonchev–Trinajstić information content (AvgIpc) is 3.41. The van der Waals surface area contributed by atoms with Crippen LogP contribution in [0.4, 0.5) is 34.3 Å². The highest BCUT2D eigenvalue weighted by molar-refractivity contribution is 6.25. The minimum atomic E-state index is 0.807. The molecule has 13 rings (SSSR count). The van der Waals surface area contributed by atoms with Gasteiger partial charge in [-0.15, -0.1) is 0 Å². The van der Waals surface area contributed by atoms with Crippen molar-refractivity contribution in [2.75, 3.05) is 9.80 Å². The molecule has 1 aromatic heterocycles. The van der Waals surface area contributed by atoms with Crippen molar-refractivity contribution in [3.63, 3.8) is 0 Å². The van der Waals surface area contributed by atoms with Crippen LogP contribution in [-0.4, -0.2) is 4.98 Å². The number of benzene rings is 11. The second-order valence-corrected chi connectivity index (χ2v) is 17.4. The largest absolute Gasteiger partial charge is 0.310 e. The summed E-state index contributed by atoms with van der Waals surface area (Å²) < 4.78 is 0. The zero-order valence-electron chi connectivity index (χ0n) is 37.0. The Kier molecular flexibility index (Phi) is 9.41. The van der Waals surface area contributed by atoms with Crippen LogP contribution >= 0.6 is 0 Å². The summed E-state index contributed by atoms with van der Waals surface area (Å²) in [7, 11) is 0. The number of rotatable bonds is 8. The van der Waals surface area contributed by atoms with Gasteiger partial charge in [0.15, 0.2) is 0 Å². The first-order valence-electron chi connectivity index (χ1n) is 23.1. The molecule has 68 heavy (non-hydrogen) atoms. The maximum atomic E-state index is 5.84. The molecular weight excluding hydrogens is 823 g/mol. The van der Waals surface area contributed by atoms with Gasteiger partial charge in [0, 0.05) is 39.8 Å². The van der Waals surface area contributed by atoms with Crippen molar-refractivity contribution in [1.29, 1.82) is 0 Å². The molecule has 3 nitrogen and oxygen atoms in total. The van der Waals surface area contributed by atoms with E-state index in [0.717, 1.165) is 83.6 Å². The number of hydrogen-bond donors (Lipinski definition) is 0. The number of para-hydroxylation sites is 1. The van der Waals surface area contributed by atoms with Gasteiger partial charge in [-0.3, -0.25) is 4.90 Å². The number of nitrogens with zero attached hydrogens (tertiary/aromatic N) is 3. The molecule has 0 radical (unpaired) electrons. The van der Waals surface area contributed by atoms with Crippen LogP contribution in [0, 0.1) is 12.1 Å². The Morgan fingerprint density at radius 1 is 0.309 bits per heavy atom. The summed E-state index contributed by atoms with van der Waals surface area (Å²) in [6, 6.07) is 95.9. The number of fused-ring (bicyclic) bond motifs is 7. The molecule has 0 saturated carbocycles. The molecule has 0 amide bonds. The third kappa shape index (κ3) is 6.66. The SMILES string of the molecule is c1ccc(N(c2ccc3ccccc3c2)c2ccc3c(-c4cc5ccccc5c5ccccc45)c4cc(N(c5ccccc5)c5ccc6ccccc6c5)ccc4c(-c4ccccc4)c3n2)cc#1. The van der Waals surface area contributed by atoms with E-state index in [0.29, 0.717) is 0 Å². The molecular formula is C65H41N3. The summed E-state index contributed by atoms with van der Waals surface area (Å²) in [6.07, 6.45) is 0. The van der Waals surface area contributed by atoms with Gasteiger partial charge < -0.3 is 4.90 Å². The Morgan fingerprint density at radius 2 is 0.882 bits per heavy atom. The van der Waals surface area contributed by atoms with E-state index in [1.165, 1.54) is 37.7 Å². The number of anilines is 6. The fraction of sp³-hybridized carbons (Fsp3) is 0. The van der Waals surface area contributed by atoms with Gasteiger partial charge in [0.25, 0.3) is 0 Å². The van der Waals surface area contributed by atoms with Crippen LogP contribution < -0.4 is 9.80 Å². The Morgan fingerprint density at radius 3 is 1.59 bits per heavy atom.